The molecule has 2 aliphatic heterocycles. The molecule has 296 valence electrons. The van der Waals surface area contributed by atoms with E-state index in [4.69, 9.17) is 14.7 Å². The molecule has 4 heterocycles. The number of hydrogen-bond donors (Lipinski definition) is 3. The summed E-state index contributed by atoms with van der Waals surface area (Å²) in [5.41, 5.74) is 9.85. The summed E-state index contributed by atoms with van der Waals surface area (Å²) in [4.78, 5) is 59.4. The van der Waals surface area contributed by atoms with Crippen LogP contribution in [0.1, 0.15) is 99.7 Å². The molecule has 1 saturated carbocycles. The summed E-state index contributed by atoms with van der Waals surface area (Å²) in [7, 11) is 1.30. The molecule has 3 N–H and O–H groups in total. The standard InChI is InChI=1S/C43H53N7O4S2/c1-25(2)22-34(51)49-18-20-55-40(49)37-45-24-33(47-37)30-13-12-29(35-31(30)14-17-43(35)15-6-7-16-43)27-8-10-28(11-9-27)32-23-44-38(46-32)41-50(19-21-56-41)39(52)36(26(3)4)48-42(53)54-5/h8-13,23-26,36,40-41H,6-7,14-22H2,1-5H3,(H,44,46)(H,45,47)(H,48,53)/t36-,40-,41-/m0/s1. The normalized spacial score (nSPS) is 20.7. The Morgan fingerprint density at radius 1 is 0.839 bits per heavy atom. The van der Waals surface area contributed by atoms with Crippen molar-refractivity contribution in [2.45, 2.75) is 94.8 Å². The van der Waals surface area contributed by atoms with Gasteiger partial charge in [-0.15, -0.1) is 23.5 Å². The zero-order valence-electron chi connectivity index (χ0n) is 33.0. The topological polar surface area (TPSA) is 136 Å². The number of aromatic nitrogens is 4. The number of methoxy groups -OCH3 is 1. The predicted octanol–water partition coefficient (Wildman–Crippen LogP) is 8.47. The number of hydrogen-bond acceptors (Lipinski definition) is 8. The number of carbonyl (C=O) groups excluding carboxylic acids is 3. The summed E-state index contributed by atoms with van der Waals surface area (Å²) >= 11 is 3.46. The Balaban J connectivity index is 1.05. The lowest BCUT2D eigenvalue weighted by atomic mass is 9.76. The van der Waals surface area contributed by atoms with Crippen molar-refractivity contribution in [3.63, 3.8) is 0 Å². The molecule has 1 spiro atoms. The fourth-order valence-corrected chi connectivity index (χ4v) is 11.7. The highest BCUT2D eigenvalue weighted by Gasteiger charge is 2.44. The number of H-pyrrole nitrogens is 2. The van der Waals surface area contributed by atoms with Gasteiger partial charge in [-0.25, -0.2) is 14.8 Å². The molecule has 13 heteroatoms. The van der Waals surface area contributed by atoms with Gasteiger partial charge in [0.05, 0.1) is 30.9 Å². The third kappa shape index (κ3) is 7.25. The van der Waals surface area contributed by atoms with E-state index < -0.39 is 12.1 Å². The van der Waals surface area contributed by atoms with Gasteiger partial charge in [-0.2, -0.15) is 0 Å². The van der Waals surface area contributed by atoms with Crippen LogP contribution >= 0.6 is 23.5 Å². The van der Waals surface area contributed by atoms with Crippen molar-refractivity contribution in [2.75, 3.05) is 31.7 Å². The number of rotatable bonds is 10. The van der Waals surface area contributed by atoms with Gasteiger partial charge < -0.3 is 29.8 Å². The predicted molar refractivity (Wildman–Crippen MR) is 223 cm³/mol. The maximum absolute atomic E-state index is 13.6. The van der Waals surface area contributed by atoms with Crippen LogP contribution in [-0.4, -0.2) is 85.4 Å². The molecular formula is C43H53N7O4S2. The molecule has 3 fully saturated rings. The van der Waals surface area contributed by atoms with Crippen molar-refractivity contribution in [2.24, 2.45) is 11.8 Å². The average Bonchev–Trinajstić information content (AvgIpc) is 4.05. The minimum Gasteiger partial charge on any atom is -0.453 e. The lowest BCUT2D eigenvalue weighted by Crippen LogP contribution is -2.51. The van der Waals surface area contributed by atoms with Gasteiger partial charge >= 0.3 is 6.09 Å². The van der Waals surface area contributed by atoms with E-state index in [0.29, 0.717) is 18.9 Å². The van der Waals surface area contributed by atoms with E-state index >= 15 is 0 Å². The molecule has 2 aromatic heterocycles. The van der Waals surface area contributed by atoms with Crippen LogP contribution < -0.4 is 5.32 Å². The van der Waals surface area contributed by atoms with Gasteiger partial charge in [0.1, 0.15) is 28.4 Å². The Morgan fingerprint density at radius 3 is 2.11 bits per heavy atom. The number of imidazole rings is 2. The van der Waals surface area contributed by atoms with Crippen LogP contribution in [0.4, 0.5) is 4.79 Å². The minimum absolute atomic E-state index is 0.0705. The number of amides is 3. The molecule has 4 aromatic rings. The number of nitrogens with zero attached hydrogens (tertiary/aromatic N) is 4. The fraction of sp³-hybridized carbons (Fsp3) is 0.512. The first kappa shape index (κ1) is 38.6. The molecule has 8 rings (SSSR count). The van der Waals surface area contributed by atoms with E-state index in [1.807, 2.05) is 31.1 Å². The largest absolute Gasteiger partial charge is 0.453 e. The molecule has 56 heavy (non-hydrogen) atoms. The summed E-state index contributed by atoms with van der Waals surface area (Å²) in [6, 6.07) is 12.7. The van der Waals surface area contributed by atoms with Crippen LogP contribution in [0.3, 0.4) is 0 Å². The number of ether oxygens (including phenoxy) is 1. The van der Waals surface area contributed by atoms with Crippen molar-refractivity contribution in [3.8, 4) is 33.6 Å². The molecule has 4 aliphatic rings. The quantitative estimate of drug-likeness (QED) is 0.146. The Labute approximate surface area is 337 Å². The molecule has 0 unspecified atom stereocenters. The van der Waals surface area contributed by atoms with Gasteiger partial charge in [0.2, 0.25) is 11.8 Å². The van der Waals surface area contributed by atoms with E-state index in [9.17, 15) is 14.4 Å². The van der Waals surface area contributed by atoms with E-state index in [1.165, 1.54) is 67.0 Å². The maximum atomic E-state index is 13.6. The SMILES string of the molecule is COC(=O)N[C@H](C(=O)N1CCS[C@H]1c1ncc(-c2ccc(-c3ccc(-c4cnc([C@@H]5SCCN5C(=O)CC(C)C)[nH]4)c4c3C3(CCCC3)CC4)cc2)[nH]1)C(C)C. The summed E-state index contributed by atoms with van der Waals surface area (Å²) in [6.07, 6.45) is 11.0. The van der Waals surface area contributed by atoms with Gasteiger partial charge in [-0.1, -0.05) is 76.9 Å². The van der Waals surface area contributed by atoms with E-state index in [1.54, 1.807) is 28.4 Å². The number of thioether (sulfide) groups is 2. The summed E-state index contributed by atoms with van der Waals surface area (Å²) in [5, 5.41) is 2.38. The van der Waals surface area contributed by atoms with Crippen molar-refractivity contribution in [1.82, 2.24) is 35.1 Å². The molecule has 0 radical (unpaired) electrons. The minimum atomic E-state index is -0.685. The second-order valence-corrected chi connectivity index (χ2v) is 18.8. The molecule has 0 bridgehead atoms. The number of fused-ring (bicyclic) bond motifs is 2. The maximum Gasteiger partial charge on any atom is 0.407 e. The van der Waals surface area contributed by atoms with E-state index in [0.717, 1.165) is 53.1 Å². The first-order valence-electron chi connectivity index (χ1n) is 20.1. The second-order valence-electron chi connectivity index (χ2n) is 16.5. The van der Waals surface area contributed by atoms with Crippen molar-refractivity contribution >= 4 is 41.4 Å². The van der Waals surface area contributed by atoms with Crippen molar-refractivity contribution in [1.29, 1.82) is 0 Å². The van der Waals surface area contributed by atoms with Gasteiger partial charge in [-0.3, -0.25) is 9.59 Å². The Hall–Kier alpha value is -4.23. The molecular weight excluding hydrogens is 743 g/mol. The highest BCUT2D eigenvalue weighted by atomic mass is 32.2. The highest BCUT2D eigenvalue weighted by molar-refractivity contribution is 8.00. The van der Waals surface area contributed by atoms with Crippen LogP contribution in [0.15, 0.2) is 48.8 Å². The first-order chi connectivity index (χ1) is 27.1. The molecule has 3 amide bonds. The van der Waals surface area contributed by atoms with E-state index in [2.05, 4.69) is 65.5 Å². The number of carbonyl (C=O) groups is 3. The van der Waals surface area contributed by atoms with Crippen LogP contribution in [0.5, 0.6) is 0 Å². The Morgan fingerprint density at radius 2 is 1.45 bits per heavy atom. The van der Waals surface area contributed by atoms with Crippen LogP contribution in [0.2, 0.25) is 0 Å². The Kier molecular flexibility index (Phi) is 11.0. The zero-order valence-corrected chi connectivity index (χ0v) is 34.7. The van der Waals surface area contributed by atoms with Gasteiger partial charge in [0, 0.05) is 36.6 Å². The van der Waals surface area contributed by atoms with Crippen molar-refractivity contribution in [3.05, 3.63) is 71.6 Å². The first-order valence-corrected chi connectivity index (χ1v) is 22.2. The van der Waals surface area contributed by atoms with Crippen LogP contribution in [0.25, 0.3) is 33.6 Å². The average molecular weight is 796 g/mol. The molecule has 3 atom stereocenters. The highest BCUT2D eigenvalue weighted by Crippen LogP contribution is 2.55. The number of alkyl carbamates (subject to hydrolysis) is 1. The van der Waals surface area contributed by atoms with Gasteiger partial charge in [0.15, 0.2) is 0 Å². The molecule has 2 aliphatic carbocycles. The fourth-order valence-electron chi connectivity index (χ4n) is 9.30. The van der Waals surface area contributed by atoms with Gasteiger partial charge in [-0.05, 0) is 70.8 Å². The van der Waals surface area contributed by atoms with Crippen LogP contribution in [0, 0.1) is 11.8 Å². The number of aromatic amines is 2. The van der Waals surface area contributed by atoms with Crippen molar-refractivity contribution < 1.29 is 19.1 Å². The smallest absolute Gasteiger partial charge is 0.407 e. The summed E-state index contributed by atoms with van der Waals surface area (Å²) in [6.45, 7) is 9.37. The number of nitrogens with one attached hydrogen (secondary N) is 3. The number of benzene rings is 2. The zero-order chi connectivity index (χ0) is 39.1. The van der Waals surface area contributed by atoms with Crippen LogP contribution in [-0.2, 0) is 26.2 Å². The summed E-state index contributed by atoms with van der Waals surface area (Å²) in [5.74, 6) is 3.59. The van der Waals surface area contributed by atoms with Gasteiger partial charge in [0.25, 0.3) is 0 Å². The monoisotopic (exact) mass is 795 g/mol. The third-order valence-corrected chi connectivity index (χ3v) is 14.5. The Bertz CT molecular complexity index is 2090. The molecule has 11 nitrogen and oxygen atoms in total. The third-order valence-electron chi connectivity index (χ3n) is 12.1. The lowest BCUT2D eigenvalue weighted by Gasteiger charge is -2.29. The lowest BCUT2D eigenvalue weighted by molar-refractivity contribution is -0.134. The second kappa shape index (κ2) is 16.0. The summed E-state index contributed by atoms with van der Waals surface area (Å²) < 4.78 is 4.79. The van der Waals surface area contributed by atoms with E-state index in [-0.39, 0.29) is 33.9 Å². The molecule has 2 aromatic carbocycles. The molecule has 2 saturated heterocycles.